The minimum absolute atomic E-state index is 0.154. The Balaban J connectivity index is 1.61. The predicted octanol–water partition coefficient (Wildman–Crippen LogP) is 3.90. The van der Waals surface area contributed by atoms with Crippen molar-refractivity contribution in [2.24, 2.45) is 5.92 Å². The maximum absolute atomic E-state index is 12.8. The SMILES string of the molecule is Cc1ccc(-c2noc(CCl)n2)cc1NC(=O)c1cnc2n1CC(C)C=C2. The summed E-state index contributed by atoms with van der Waals surface area (Å²) in [6.07, 6.45) is 5.65. The topological polar surface area (TPSA) is 85.8 Å². The molecule has 4 rings (SSSR count). The van der Waals surface area contributed by atoms with Crippen LogP contribution in [0.15, 0.2) is 35.0 Å². The van der Waals surface area contributed by atoms with Crippen LogP contribution in [0.3, 0.4) is 0 Å². The third-order valence-corrected chi connectivity index (χ3v) is 4.72. The number of aromatic nitrogens is 4. The first kappa shape index (κ1) is 17.5. The molecule has 1 unspecified atom stereocenters. The Morgan fingerprint density at radius 3 is 3.07 bits per heavy atom. The number of imidazole rings is 1. The number of fused-ring (bicyclic) bond motifs is 1. The molecule has 0 saturated heterocycles. The fourth-order valence-corrected chi connectivity index (χ4v) is 3.11. The van der Waals surface area contributed by atoms with Gasteiger partial charge in [0.25, 0.3) is 5.91 Å². The number of anilines is 1. The zero-order valence-electron chi connectivity index (χ0n) is 14.9. The fourth-order valence-electron chi connectivity index (χ4n) is 3.00. The molecular formula is C19H18ClN5O2. The Morgan fingerprint density at radius 1 is 1.44 bits per heavy atom. The van der Waals surface area contributed by atoms with E-state index in [-0.39, 0.29) is 11.8 Å². The first-order valence-corrected chi connectivity index (χ1v) is 9.13. The van der Waals surface area contributed by atoms with Crippen LogP contribution in [-0.2, 0) is 12.4 Å². The first-order valence-electron chi connectivity index (χ1n) is 8.60. The molecule has 1 aliphatic rings. The zero-order chi connectivity index (χ0) is 19.0. The minimum atomic E-state index is -0.203. The molecule has 1 aliphatic heterocycles. The van der Waals surface area contributed by atoms with E-state index in [2.05, 4.69) is 33.4 Å². The summed E-state index contributed by atoms with van der Waals surface area (Å²) in [6.45, 7) is 4.77. The largest absolute Gasteiger partial charge is 0.338 e. The van der Waals surface area contributed by atoms with Crippen LogP contribution in [0.2, 0.25) is 0 Å². The minimum Gasteiger partial charge on any atom is -0.338 e. The number of alkyl halides is 1. The van der Waals surface area contributed by atoms with Crippen molar-refractivity contribution in [3.05, 3.63) is 53.4 Å². The summed E-state index contributed by atoms with van der Waals surface area (Å²) in [5.41, 5.74) is 2.89. The van der Waals surface area contributed by atoms with E-state index in [0.29, 0.717) is 29.0 Å². The lowest BCUT2D eigenvalue weighted by Gasteiger charge is -2.17. The highest BCUT2D eigenvalue weighted by molar-refractivity contribution is 6.16. The lowest BCUT2D eigenvalue weighted by Crippen LogP contribution is -2.21. The van der Waals surface area contributed by atoms with E-state index in [1.54, 1.807) is 6.20 Å². The summed E-state index contributed by atoms with van der Waals surface area (Å²) >= 11 is 5.71. The molecule has 0 aliphatic carbocycles. The number of benzene rings is 1. The Labute approximate surface area is 161 Å². The number of rotatable bonds is 4. The van der Waals surface area contributed by atoms with Gasteiger partial charge in [-0.1, -0.05) is 30.3 Å². The van der Waals surface area contributed by atoms with Crippen LogP contribution in [0, 0.1) is 12.8 Å². The van der Waals surface area contributed by atoms with E-state index >= 15 is 0 Å². The van der Waals surface area contributed by atoms with E-state index in [1.165, 1.54) is 0 Å². The van der Waals surface area contributed by atoms with Crippen LogP contribution in [0.4, 0.5) is 5.69 Å². The van der Waals surface area contributed by atoms with Crippen molar-refractivity contribution in [2.45, 2.75) is 26.3 Å². The van der Waals surface area contributed by atoms with Crippen molar-refractivity contribution in [1.29, 1.82) is 0 Å². The number of aryl methyl sites for hydroxylation is 1. The first-order chi connectivity index (χ1) is 13.0. The molecule has 0 spiro atoms. The van der Waals surface area contributed by atoms with Crippen LogP contribution in [-0.4, -0.2) is 25.6 Å². The molecule has 1 aromatic carbocycles. The second kappa shape index (κ2) is 7.00. The molecule has 0 saturated carbocycles. The van der Waals surface area contributed by atoms with Gasteiger partial charge in [-0.2, -0.15) is 4.98 Å². The average Bonchev–Trinajstić information content (AvgIpc) is 3.30. The zero-order valence-corrected chi connectivity index (χ0v) is 15.7. The quantitative estimate of drug-likeness (QED) is 0.690. The standard InChI is InChI=1S/C19H18ClN5O2/c1-11-3-6-16-21-9-15(25(16)10-11)19(26)22-14-7-13(5-4-12(14)2)18-23-17(8-20)27-24-18/h3-7,9,11H,8,10H2,1-2H3,(H,22,26). The van der Waals surface area contributed by atoms with E-state index in [1.807, 2.05) is 35.8 Å². The van der Waals surface area contributed by atoms with E-state index in [9.17, 15) is 4.79 Å². The second-order valence-electron chi connectivity index (χ2n) is 6.58. The maximum atomic E-state index is 12.8. The number of hydrogen-bond donors (Lipinski definition) is 1. The van der Waals surface area contributed by atoms with Crippen LogP contribution < -0.4 is 5.32 Å². The molecular weight excluding hydrogens is 366 g/mol. The molecule has 0 fully saturated rings. The van der Waals surface area contributed by atoms with Gasteiger partial charge in [-0.05, 0) is 30.5 Å². The Kier molecular flexibility index (Phi) is 4.53. The molecule has 0 radical (unpaired) electrons. The van der Waals surface area contributed by atoms with Gasteiger partial charge < -0.3 is 14.4 Å². The lowest BCUT2D eigenvalue weighted by atomic mass is 10.1. The number of nitrogens with one attached hydrogen (secondary N) is 1. The Bertz CT molecular complexity index is 1040. The number of nitrogens with zero attached hydrogens (tertiary/aromatic N) is 4. The number of halogens is 1. The highest BCUT2D eigenvalue weighted by Gasteiger charge is 2.20. The van der Waals surface area contributed by atoms with Gasteiger partial charge in [0.2, 0.25) is 11.7 Å². The third kappa shape index (κ3) is 3.38. The fraction of sp³-hybridized carbons (Fsp3) is 0.263. The van der Waals surface area contributed by atoms with Crippen molar-refractivity contribution in [3.8, 4) is 11.4 Å². The highest BCUT2D eigenvalue weighted by atomic mass is 35.5. The van der Waals surface area contributed by atoms with Crippen molar-refractivity contribution in [3.63, 3.8) is 0 Å². The van der Waals surface area contributed by atoms with Gasteiger partial charge in [0.15, 0.2) is 0 Å². The molecule has 3 heterocycles. The summed E-state index contributed by atoms with van der Waals surface area (Å²) in [7, 11) is 0. The molecule has 1 N–H and O–H groups in total. The Morgan fingerprint density at radius 2 is 2.30 bits per heavy atom. The monoisotopic (exact) mass is 383 g/mol. The third-order valence-electron chi connectivity index (χ3n) is 4.49. The molecule has 138 valence electrons. The van der Waals surface area contributed by atoms with Crippen molar-refractivity contribution in [2.75, 3.05) is 5.32 Å². The molecule has 2 aromatic heterocycles. The molecule has 3 aromatic rings. The van der Waals surface area contributed by atoms with Crippen LogP contribution >= 0.6 is 11.6 Å². The van der Waals surface area contributed by atoms with Gasteiger partial charge >= 0.3 is 0 Å². The Hall–Kier alpha value is -2.93. The molecule has 7 nitrogen and oxygen atoms in total. The number of hydrogen-bond acceptors (Lipinski definition) is 5. The van der Waals surface area contributed by atoms with Gasteiger partial charge in [-0.15, -0.1) is 11.6 Å². The van der Waals surface area contributed by atoms with E-state index in [4.69, 9.17) is 16.1 Å². The van der Waals surface area contributed by atoms with Gasteiger partial charge in [-0.25, -0.2) is 4.98 Å². The van der Waals surface area contributed by atoms with Gasteiger partial charge in [0, 0.05) is 17.8 Å². The van der Waals surface area contributed by atoms with E-state index < -0.39 is 0 Å². The van der Waals surface area contributed by atoms with Crippen LogP contribution in [0.1, 0.15) is 34.7 Å². The van der Waals surface area contributed by atoms with Crippen LogP contribution in [0.25, 0.3) is 17.5 Å². The van der Waals surface area contributed by atoms with Gasteiger partial charge in [0.05, 0.1) is 6.20 Å². The molecule has 1 atom stereocenters. The average molecular weight is 384 g/mol. The summed E-state index contributed by atoms with van der Waals surface area (Å²) in [5, 5.41) is 6.89. The molecule has 27 heavy (non-hydrogen) atoms. The summed E-state index contributed by atoms with van der Waals surface area (Å²) in [6, 6.07) is 5.60. The van der Waals surface area contributed by atoms with Gasteiger partial charge in [-0.3, -0.25) is 4.79 Å². The molecule has 0 bridgehead atoms. The predicted molar refractivity (Wildman–Crippen MR) is 102 cm³/mol. The number of amides is 1. The van der Waals surface area contributed by atoms with E-state index in [0.717, 1.165) is 23.5 Å². The highest BCUT2D eigenvalue weighted by Crippen LogP contribution is 2.25. The lowest BCUT2D eigenvalue weighted by molar-refractivity contribution is 0.101. The van der Waals surface area contributed by atoms with Gasteiger partial charge in [0.1, 0.15) is 17.4 Å². The van der Waals surface area contributed by atoms with Crippen molar-refractivity contribution < 1.29 is 9.32 Å². The summed E-state index contributed by atoms with van der Waals surface area (Å²) in [4.78, 5) is 21.4. The molecule has 8 heteroatoms. The smallest absolute Gasteiger partial charge is 0.273 e. The van der Waals surface area contributed by atoms with Crippen LogP contribution in [0.5, 0.6) is 0 Å². The number of carbonyl (C=O) groups is 1. The summed E-state index contributed by atoms with van der Waals surface area (Å²) in [5.74, 6) is 1.89. The molecule has 1 amide bonds. The van der Waals surface area contributed by atoms with Crippen molar-refractivity contribution in [1.82, 2.24) is 19.7 Å². The normalized spacial score (nSPS) is 15.6. The maximum Gasteiger partial charge on any atom is 0.273 e. The summed E-state index contributed by atoms with van der Waals surface area (Å²) < 4.78 is 6.99. The number of allylic oxidation sites excluding steroid dienone is 1. The number of carbonyl (C=O) groups excluding carboxylic acids is 1. The van der Waals surface area contributed by atoms with Crippen molar-refractivity contribution >= 4 is 29.3 Å². The second-order valence-corrected chi connectivity index (χ2v) is 6.85.